The van der Waals surface area contributed by atoms with Crippen LogP contribution in [0.1, 0.15) is 44.2 Å². The molecule has 0 aliphatic heterocycles. The third-order valence-electron chi connectivity index (χ3n) is 4.25. The molecule has 2 aromatic carbocycles. The van der Waals surface area contributed by atoms with Gasteiger partial charge in [-0.3, -0.25) is 4.79 Å². The van der Waals surface area contributed by atoms with Gasteiger partial charge >= 0.3 is 0 Å². The highest BCUT2D eigenvalue weighted by molar-refractivity contribution is 6.31. The van der Waals surface area contributed by atoms with E-state index in [4.69, 9.17) is 21.1 Å². The highest BCUT2D eigenvalue weighted by atomic mass is 35.5. The molecule has 0 radical (unpaired) electrons. The molecule has 4 nitrogen and oxygen atoms in total. The Hall–Kier alpha value is -2.20. The van der Waals surface area contributed by atoms with Crippen LogP contribution in [0, 0.1) is 6.92 Å². The van der Waals surface area contributed by atoms with Crippen LogP contribution in [-0.2, 0) is 11.2 Å². The van der Waals surface area contributed by atoms with E-state index in [0.29, 0.717) is 31.1 Å². The standard InChI is InChI=1S/C22H28ClNO3/c1-4-6-14-27-20-12-10-17(15-21(20)26-5-2)11-13-22(25)24-19-9-7-8-18(23)16(19)3/h7-10,12,15H,4-6,11,13-14H2,1-3H3,(H,24,25). The monoisotopic (exact) mass is 389 g/mol. The lowest BCUT2D eigenvalue weighted by Gasteiger charge is -2.13. The summed E-state index contributed by atoms with van der Waals surface area (Å²) in [5.74, 6) is 1.45. The number of benzene rings is 2. The van der Waals surface area contributed by atoms with Crippen LogP contribution in [0.4, 0.5) is 5.69 Å². The van der Waals surface area contributed by atoms with Crippen LogP contribution in [0.2, 0.25) is 5.02 Å². The van der Waals surface area contributed by atoms with E-state index in [2.05, 4.69) is 12.2 Å². The van der Waals surface area contributed by atoms with Crippen molar-refractivity contribution >= 4 is 23.2 Å². The summed E-state index contributed by atoms with van der Waals surface area (Å²) < 4.78 is 11.5. The van der Waals surface area contributed by atoms with Gasteiger partial charge in [0.05, 0.1) is 13.2 Å². The van der Waals surface area contributed by atoms with Crippen molar-refractivity contribution in [2.75, 3.05) is 18.5 Å². The van der Waals surface area contributed by atoms with Crippen molar-refractivity contribution in [1.29, 1.82) is 0 Å². The Labute approximate surface area is 166 Å². The minimum absolute atomic E-state index is 0.0402. The SMILES string of the molecule is CCCCOc1ccc(CCC(=O)Nc2cccc(Cl)c2C)cc1OCC. The molecule has 0 atom stereocenters. The van der Waals surface area contributed by atoms with Gasteiger partial charge in [0.15, 0.2) is 11.5 Å². The number of ether oxygens (including phenoxy) is 2. The molecule has 146 valence electrons. The van der Waals surface area contributed by atoms with Gasteiger partial charge in [-0.05, 0) is 62.1 Å². The fraction of sp³-hybridized carbons (Fsp3) is 0.409. The maximum atomic E-state index is 12.3. The third kappa shape index (κ3) is 6.47. The zero-order chi connectivity index (χ0) is 19.6. The Morgan fingerprint density at radius 2 is 1.93 bits per heavy atom. The first-order valence-corrected chi connectivity index (χ1v) is 9.86. The fourth-order valence-electron chi connectivity index (χ4n) is 2.64. The number of anilines is 1. The fourth-order valence-corrected chi connectivity index (χ4v) is 2.81. The van der Waals surface area contributed by atoms with Crippen molar-refractivity contribution in [1.82, 2.24) is 0 Å². The van der Waals surface area contributed by atoms with Crippen LogP contribution in [-0.4, -0.2) is 19.1 Å². The van der Waals surface area contributed by atoms with Crippen molar-refractivity contribution in [3.8, 4) is 11.5 Å². The van der Waals surface area contributed by atoms with Crippen LogP contribution in [0.15, 0.2) is 36.4 Å². The summed E-state index contributed by atoms with van der Waals surface area (Å²) in [6.07, 6.45) is 3.11. The van der Waals surface area contributed by atoms with Crippen LogP contribution in [0.5, 0.6) is 11.5 Å². The second-order valence-corrected chi connectivity index (χ2v) is 6.78. The first-order chi connectivity index (χ1) is 13.0. The van der Waals surface area contributed by atoms with E-state index in [1.54, 1.807) is 0 Å². The molecule has 0 unspecified atom stereocenters. The quantitative estimate of drug-likeness (QED) is 0.522. The number of carbonyl (C=O) groups excluding carboxylic acids is 1. The minimum Gasteiger partial charge on any atom is -0.490 e. The Bertz CT molecular complexity index is 761. The lowest BCUT2D eigenvalue weighted by molar-refractivity contribution is -0.116. The molecule has 0 aromatic heterocycles. The first kappa shape index (κ1) is 21.1. The van der Waals surface area contributed by atoms with Crippen molar-refractivity contribution in [2.45, 2.75) is 46.5 Å². The predicted octanol–water partition coefficient (Wildman–Crippen LogP) is 5.80. The van der Waals surface area contributed by atoms with Crippen LogP contribution >= 0.6 is 11.6 Å². The molecule has 2 rings (SSSR count). The molecule has 0 bridgehead atoms. The van der Waals surface area contributed by atoms with E-state index in [9.17, 15) is 4.79 Å². The summed E-state index contributed by atoms with van der Waals surface area (Å²) in [6.45, 7) is 7.22. The number of unbranched alkanes of at least 4 members (excludes halogenated alkanes) is 1. The van der Waals surface area contributed by atoms with Gasteiger partial charge in [0.1, 0.15) is 0 Å². The Kier molecular flexibility index (Phi) is 8.46. The molecule has 1 N–H and O–H groups in total. The highest BCUT2D eigenvalue weighted by Crippen LogP contribution is 2.29. The van der Waals surface area contributed by atoms with Crippen molar-refractivity contribution in [3.63, 3.8) is 0 Å². The molecular formula is C22H28ClNO3. The lowest BCUT2D eigenvalue weighted by Crippen LogP contribution is -2.13. The topological polar surface area (TPSA) is 47.6 Å². The molecular weight excluding hydrogens is 362 g/mol. The maximum absolute atomic E-state index is 12.3. The minimum atomic E-state index is -0.0402. The lowest BCUT2D eigenvalue weighted by atomic mass is 10.1. The molecule has 27 heavy (non-hydrogen) atoms. The van der Waals surface area contributed by atoms with Gasteiger partial charge < -0.3 is 14.8 Å². The molecule has 0 saturated heterocycles. The zero-order valence-corrected chi connectivity index (χ0v) is 17.1. The first-order valence-electron chi connectivity index (χ1n) is 9.48. The van der Waals surface area contributed by atoms with E-state index in [1.807, 2.05) is 50.2 Å². The molecule has 0 spiro atoms. The molecule has 5 heteroatoms. The third-order valence-corrected chi connectivity index (χ3v) is 4.66. The summed E-state index contributed by atoms with van der Waals surface area (Å²) in [5.41, 5.74) is 2.67. The van der Waals surface area contributed by atoms with Gasteiger partial charge in [0.2, 0.25) is 5.91 Å². The molecule has 0 saturated carbocycles. The normalized spacial score (nSPS) is 10.5. The Morgan fingerprint density at radius 1 is 1.11 bits per heavy atom. The van der Waals surface area contributed by atoms with Gasteiger partial charge in [0, 0.05) is 17.1 Å². The summed E-state index contributed by atoms with van der Waals surface area (Å²) in [5, 5.41) is 3.57. The molecule has 0 aliphatic rings. The number of halogens is 1. The van der Waals surface area contributed by atoms with Crippen molar-refractivity contribution in [3.05, 3.63) is 52.5 Å². The number of aryl methyl sites for hydroxylation is 1. The zero-order valence-electron chi connectivity index (χ0n) is 16.3. The van der Waals surface area contributed by atoms with E-state index in [0.717, 1.165) is 41.2 Å². The van der Waals surface area contributed by atoms with Crippen molar-refractivity contribution < 1.29 is 14.3 Å². The second-order valence-electron chi connectivity index (χ2n) is 6.38. The van der Waals surface area contributed by atoms with Crippen LogP contribution in [0.3, 0.4) is 0 Å². The molecule has 0 aliphatic carbocycles. The summed E-state index contributed by atoms with van der Waals surface area (Å²) >= 11 is 6.10. The Balaban J connectivity index is 1.96. The number of carbonyl (C=O) groups is 1. The second kappa shape index (κ2) is 10.8. The smallest absolute Gasteiger partial charge is 0.224 e. The number of nitrogens with one attached hydrogen (secondary N) is 1. The van der Waals surface area contributed by atoms with Gasteiger partial charge in [-0.2, -0.15) is 0 Å². The predicted molar refractivity (Wildman–Crippen MR) is 111 cm³/mol. The average molecular weight is 390 g/mol. The maximum Gasteiger partial charge on any atom is 0.224 e. The number of hydrogen-bond acceptors (Lipinski definition) is 3. The van der Waals surface area contributed by atoms with Gasteiger partial charge in [-0.15, -0.1) is 0 Å². The average Bonchev–Trinajstić information content (AvgIpc) is 2.65. The summed E-state index contributed by atoms with van der Waals surface area (Å²) in [4.78, 5) is 12.3. The molecule has 1 amide bonds. The van der Waals surface area contributed by atoms with E-state index >= 15 is 0 Å². The van der Waals surface area contributed by atoms with E-state index in [1.165, 1.54) is 0 Å². The summed E-state index contributed by atoms with van der Waals surface area (Å²) in [7, 11) is 0. The summed E-state index contributed by atoms with van der Waals surface area (Å²) in [6, 6.07) is 11.4. The van der Waals surface area contributed by atoms with Gasteiger partial charge in [-0.25, -0.2) is 0 Å². The van der Waals surface area contributed by atoms with Gasteiger partial charge in [0.25, 0.3) is 0 Å². The highest BCUT2D eigenvalue weighted by Gasteiger charge is 2.10. The van der Waals surface area contributed by atoms with Gasteiger partial charge in [-0.1, -0.05) is 37.1 Å². The van der Waals surface area contributed by atoms with E-state index < -0.39 is 0 Å². The van der Waals surface area contributed by atoms with Crippen LogP contribution < -0.4 is 14.8 Å². The largest absolute Gasteiger partial charge is 0.490 e. The van der Waals surface area contributed by atoms with Crippen molar-refractivity contribution in [2.24, 2.45) is 0 Å². The Morgan fingerprint density at radius 3 is 2.67 bits per heavy atom. The van der Waals surface area contributed by atoms with E-state index in [-0.39, 0.29) is 5.91 Å². The number of amides is 1. The molecule has 0 fully saturated rings. The molecule has 0 heterocycles. The number of hydrogen-bond donors (Lipinski definition) is 1. The van der Waals surface area contributed by atoms with Crippen LogP contribution in [0.25, 0.3) is 0 Å². The number of rotatable bonds is 10. The molecule has 2 aromatic rings.